The van der Waals surface area contributed by atoms with Gasteiger partial charge in [-0.25, -0.2) is 0 Å². The van der Waals surface area contributed by atoms with Crippen molar-refractivity contribution >= 4 is 75.8 Å². The fourth-order valence-corrected chi connectivity index (χ4v) is 9.27. The van der Waals surface area contributed by atoms with Gasteiger partial charge in [-0.2, -0.15) is 0 Å². The second-order valence-electron chi connectivity index (χ2n) is 14.2. The summed E-state index contributed by atoms with van der Waals surface area (Å²) in [4.78, 5) is 2.37. The van der Waals surface area contributed by atoms with Gasteiger partial charge in [0.1, 0.15) is 0 Å². The third-order valence-electron chi connectivity index (χ3n) is 10.9. The normalized spacial score (nSPS) is 13.6. The average molecular weight is 723 g/mol. The van der Waals surface area contributed by atoms with E-state index in [0.29, 0.717) is 0 Å². The molecule has 3 nitrogen and oxygen atoms in total. The Morgan fingerprint density at radius 2 is 1.02 bits per heavy atom. The molecule has 0 aliphatic carbocycles. The van der Waals surface area contributed by atoms with Gasteiger partial charge in [0.2, 0.25) is 0 Å². The van der Waals surface area contributed by atoms with Crippen LogP contribution >= 0.6 is 11.3 Å². The number of anilines is 4. The van der Waals surface area contributed by atoms with Crippen molar-refractivity contribution in [2.75, 3.05) is 10.2 Å². The van der Waals surface area contributed by atoms with Gasteiger partial charge in [-0.15, -0.1) is 11.3 Å². The summed E-state index contributed by atoms with van der Waals surface area (Å²) < 4.78 is 9.24. The highest BCUT2D eigenvalue weighted by atomic mass is 32.1. The molecule has 1 unspecified atom stereocenters. The van der Waals surface area contributed by atoms with Crippen LogP contribution in [0.15, 0.2) is 194 Å². The minimum absolute atomic E-state index is 0.218. The molecule has 1 aromatic heterocycles. The first kappa shape index (κ1) is 31.6. The van der Waals surface area contributed by atoms with E-state index in [0.717, 1.165) is 45.0 Å². The number of fused-ring (bicyclic) bond motifs is 8. The molecule has 1 atom stereocenters. The molecule has 9 aromatic carbocycles. The molecule has 55 heavy (non-hydrogen) atoms. The predicted octanol–water partition coefficient (Wildman–Crippen LogP) is 14.7. The third-order valence-corrected chi connectivity index (χ3v) is 12.0. The van der Waals surface area contributed by atoms with Crippen molar-refractivity contribution in [3.8, 4) is 28.0 Å². The summed E-state index contributed by atoms with van der Waals surface area (Å²) in [6.07, 6.45) is -0.218. The first-order valence-electron chi connectivity index (χ1n) is 18.7. The summed E-state index contributed by atoms with van der Waals surface area (Å²) in [7, 11) is 0. The molecular weight excluding hydrogens is 689 g/mol. The van der Waals surface area contributed by atoms with E-state index in [1.54, 1.807) is 0 Å². The van der Waals surface area contributed by atoms with Gasteiger partial charge >= 0.3 is 0 Å². The van der Waals surface area contributed by atoms with Crippen LogP contribution < -0.4 is 15.0 Å². The maximum Gasteiger partial charge on any atom is 0.196 e. The molecule has 1 aliphatic rings. The second-order valence-corrected chi connectivity index (χ2v) is 15.3. The zero-order valence-corrected chi connectivity index (χ0v) is 30.6. The van der Waals surface area contributed by atoms with Crippen LogP contribution in [0.2, 0.25) is 0 Å². The van der Waals surface area contributed by atoms with Gasteiger partial charge in [0.05, 0.1) is 5.69 Å². The van der Waals surface area contributed by atoms with Crippen LogP contribution in [0.25, 0.3) is 64.0 Å². The lowest BCUT2D eigenvalue weighted by Gasteiger charge is -2.26. The number of nitrogens with zero attached hydrogens (tertiary/aromatic N) is 1. The summed E-state index contributed by atoms with van der Waals surface area (Å²) in [6, 6.07) is 69.9. The fourth-order valence-electron chi connectivity index (χ4n) is 8.13. The first-order chi connectivity index (χ1) is 27.2. The zero-order valence-electron chi connectivity index (χ0n) is 29.8. The number of thiophene rings is 1. The minimum atomic E-state index is -0.218. The van der Waals surface area contributed by atoms with Gasteiger partial charge in [0.25, 0.3) is 0 Å². The lowest BCUT2D eigenvalue weighted by atomic mass is 9.96. The number of nitrogens with one attached hydrogen (secondary N) is 1. The summed E-state index contributed by atoms with van der Waals surface area (Å²) in [5, 5.41) is 10.9. The molecule has 4 heteroatoms. The van der Waals surface area contributed by atoms with Gasteiger partial charge in [0, 0.05) is 48.2 Å². The number of hydrogen-bond donors (Lipinski definition) is 1. The van der Waals surface area contributed by atoms with Gasteiger partial charge in [-0.3, -0.25) is 0 Å². The van der Waals surface area contributed by atoms with E-state index in [4.69, 9.17) is 4.74 Å². The van der Waals surface area contributed by atoms with E-state index in [1.807, 2.05) is 17.4 Å². The fraction of sp³-hybridized carbons (Fsp3) is 0.0196. The minimum Gasteiger partial charge on any atom is -0.464 e. The topological polar surface area (TPSA) is 24.5 Å². The van der Waals surface area contributed by atoms with E-state index in [-0.39, 0.29) is 6.23 Å². The van der Waals surface area contributed by atoms with Crippen LogP contribution in [0.3, 0.4) is 0 Å². The lowest BCUT2D eigenvalue weighted by molar-refractivity contribution is 0.263. The Kier molecular flexibility index (Phi) is 7.42. The number of rotatable bonds is 6. The largest absolute Gasteiger partial charge is 0.464 e. The molecule has 0 fully saturated rings. The summed E-state index contributed by atoms with van der Waals surface area (Å²) in [5.74, 6) is 0.911. The van der Waals surface area contributed by atoms with E-state index < -0.39 is 0 Å². The Balaban J connectivity index is 0.989. The second kappa shape index (κ2) is 12.9. The van der Waals surface area contributed by atoms with Gasteiger partial charge < -0.3 is 15.0 Å². The van der Waals surface area contributed by atoms with Crippen molar-refractivity contribution in [2.24, 2.45) is 0 Å². The number of hydrogen-bond acceptors (Lipinski definition) is 4. The third kappa shape index (κ3) is 5.50. The predicted molar refractivity (Wildman–Crippen MR) is 233 cm³/mol. The van der Waals surface area contributed by atoms with Crippen molar-refractivity contribution in [2.45, 2.75) is 6.23 Å². The standard InChI is InChI=1S/C51H34N2OS/c1-3-9-33(10-4-1)34-19-24-40(25-20-34)53(42-28-29-44-43-13-7-8-14-47(43)55-48(44)32-42)41-26-21-35(22-27-41)39-18-16-36-15-17-37-23-30-46-50(49(37)45(36)31-39)54-51(52-46)38-11-5-2-6-12-38/h1-32,51-52H. The summed E-state index contributed by atoms with van der Waals surface area (Å²) >= 11 is 1.85. The first-order valence-corrected chi connectivity index (χ1v) is 19.5. The van der Waals surface area contributed by atoms with E-state index in [1.165, 1.54) is 53.0 Å². The lowest BCUT2D eigenvalue weighted by Crippen LogP contribution is -2.09. The number of ether oxygens (including phenoxy) is 1. The molecule has 260 valence electrons. The molecule has 11 rings (SSSR count). The molecule has 0 amide bonds. The highest BCUT2D eigenvalue weighted by Gasteiger charge is 2.26. The van der Waals surface area contributed by atoms with Gasteiger partial charge in [-0.05, 0) is 93.0 Å². The van der Waals surface area contributed by atoms with E-state index >= 15 is 0 Å². The average Bonchev–Trinajstić information content (AvgIpc) is 3.86. The van der Waals surface area contributed by atoms with E-state index in [9.17, 15) is 0 Å². The Morgan fingerprint density at radius 1 is 0.436 bits per heavy atom. The molecule has 2 heterocycles. The highest BCUT2D eigenvalue weighted by molar-refractivity contribution is 7.25. The maximum absolute atomic E-state index is 6.65. The molecule has 1 aliphatic heterocycles. The maximum atomic E-state index is 6.65. The van der Waals surface area contributed by atoms with E-state index in [2.05, 4.69) is 198 Å². The Bertz CT molecular complexity index is 3030. The molecule has 10 aromatic rings. The summed E-state index contributed by atoms with van der Waals surface area (Å²) in [5.41, 5.74) is 10.2. The Hall–Kier alpha value is -6.88. The molecule has 0 spiro atoms. The molecule has 1 N–H and O–H groups in total. The van der Waals surface area contributed by atoms with Gasteiger partial charge in [-0.1, -0.05) is 140 Å². The van der Waals surface area contributed by atoms with Crippen LogP contribution in [0.5, 0.6) is 5.75 Å². The quantitative estimate of drug-likeness (QED) is 0.173. The van der Waals surface area contributed by atoms with Crippen molar-refractivity contribution in [1.29, 1.82) is 0 Å². The molecule has 0 radical (unpaired) electrons. The number of benzene rings is 9. The highest BCUT2D eigenvalue weighted by Crippen LogP contribution is 2.47. The Labute approximate surface area is 323 Å². The van der Waals surface area contributed by atoms with Crippen LogP contribution in [0.4, 0.5) is 22.7 Å². The van der Waals surface area contributed by atoms with Crippen LogP contribution in [0, 0.1) is 0 Å². The molecular formula is C51H34N2OS. The van der Waals surface area contributed by atoms with Crippen LogP contribution in [-0.4, -0.2) is 0 Å². The van der Waals surface area contributed by atoms with Crippen molar-refractivity contribution in [3.05, 3.63) is 200 Å². The van der Waals surface area contributed by atoms with Crippen LogP contribution in [0.1, 0.15) is 11.8 Å². The smallest absolute Gasteiger partial charge is 0.196 e. The zero-order chi connectivity index (χ0) is 36.3. The molecule has 0 bridgehead atoms. The molecule has 0 saturated heterocycles. The van der Waals surface area contributed by atoms with Gasteiger partial charge in [0.15, 0.2) is 12.0 Å². The van der Waals surface area contributed by atoms with Crippen molar-refractivity contribution in [1.82, 2.24) is 0 Å². The summed E-state index contributed by atoms with van der Waals surface area (Å²) in [6.45, 7) is 0. The Morgan fingerprint density at radius 3 is 1.80 bits per heavy atom. The molecule has 0 saturated carbocycles. The van der Waals surface area contributed by atoms with Crippen molar-refractivity contribution in [3.63, 3.8) is 0 Å². The monoisotopic (exact) mass is 722 g/mol. The SMILES string of the molecule is c1ccc(-c2ccc(N(c3ccc(-c4ccc5ccc6ccc7c(c6c5c4)OC(c4ccccc4)N7)cc3)c3ccc4c(c3)sc3ccccc34)cc2)cc1. The van der Waals surface area contributed by atoms with Crippen molar-refractivity contribution < 1.29 is 4.74 Å². The van der Waals surface area contributed by atoms with Crippen LogP contribution in [-0.2, 0) is 0 Å².